The van der Waals surface area contributed by atoms with Gasteiger partial charge in [0.15, 0.2) is 0 Å². The van der Waals surface area contributed by atoms with Crippen LogP contribution in [0.3, 0.4) is 0 Å². The number of alkyl halides is 1. The number of nitrogens with one attached hydrogen (secondary N) is 1. The lowest BCUT2D eigenvalue weighted by Gasteiger charge is -2.29. The highest BCUT2D eigenvalue weighted by Crippen LogP contribution is 2.50. The lowest BCUT2D eigenvalue weighted by Crippen LogP contribution is -2.48. The van der Waals surface area contributed by atoms with Crippen LogP contribution < -0.4 is 5.32 Å². The summed E-state index contributed by atoms with van der Waals surface area (Å²) in [7, 11) is 0. The number of hydrogen-bond donors (Lipinski definition) is 1. The fourth-order valence-corrected chi connectivity index (χ4v) is 4.78. The van der Waals surface area contributed by atoms with Crippen molar-refractivity contribution < 1.29 is 9.18 Å². The molecule has 3 aliphatic rings. The lowest BCUT2D eigenvalue weighted by molar-refractivity contribution is -0.130. The largest absolute Gasteiger partial charge is 0.323 e. The first-order valence-corrected chi connectivity index (χ1v) is 8.42. The molecular formula is C17H23FN4O. The van der Waals surface area contributed by atoms with Crippen molar-refractivity contribution in [3.63, 3.8) is 0 Å². The van der Waals surface area contributed by atoms with E-state index in [1.807, 2.05) is 6.07 Å². The maximum absolute atomic E-state index is 13.4. The van der Waals surface area contributed by atoms with Gasteiger partial charge in [-0.3, -0.25) is 4.79 Å². The van der Waals surface area contributed by atoms with Crippen LogP contribution in [0.1, 0.15) is 39.0 Å². The molecule has 0 aromatic carbocycles. The number of fused-ring (bicyclic) bond motifs is 1. The summed E-state index contributed by atoms with van der Waals surface area (Å²) in [5.74, 6) is 1.14. The van der Waals surface area contributed by atoms with Crippen LogP contribution >= 0.6 is 0 Å². The summed E-state index contributed by atoms with van der Waals surface area (Å²) in [5, 5.41) is 21.4. The molecule has 0 aromatic rings. The van der Waals surface area contributed by atoms with Crippen LogP contribution in [0.4, 0.5) is 4.39 Å². The average Bonchev–Trinajstić information content (AvgIpc) is 3.15. The van der Waals surface area contributed by atoms with E-state index in [9.17, 15) is 9.18 Å². The van der Waals surface area contributed by atoms with E-state index < -0.39 is 12.2 Å². The first-order chi connectivity index (χ1) is 10.9. The molecule has 2 saturated carbocycles. The molecule has 6 atom stereocenters. The fraction of sp³-hybridized carbons (Fsp3) is 0.824. The first kappa shape index (κ1) is 16.2. The third-order valence-electron chi connectivity index (χ3n) is 5.83. The summed E-state index contributed by atoms with van der Waals surface area (Å²) in [5.41, 5.74) is -0.0948. The number of hydrogen-bond acceptors (Lipinski definition) is 4. The van der Waals surface area contributed by atoms with Gasteiger partial charge >= 0.3 is 0 Å². The van der Waals surface area contributed by atoms with E-state index in [-0.39, 0.29) is 36.9 Å². The molecule has 23 heavy (non-hydrogen) atoms. The Morgan fingerprint density at radius 1 is 1.26 bits per heavy atom. The number of carbonyl (C=O) groups is 1. The normalized spacial score (nSPS) is 42.3. The molecule has 124 valence electrons. The van der Waals surface area contributed by atoms with Gasteiger partial charge in [0.05, 0.1) is 25.2 Å². The minimum absolute atomic E-state index is 0.0323. The minimum atomic E-state index is -1.09. The van der Waals surface area contributed by atoms with Gasteiger partial charge in [0, 0.05) is 17.9 Å². The second-order valence-electron chi connectivity index (χ2n) is 7.66. The number of carbonyl (C=O) groups excluding carboxylic acids is 1. The third-order valence-corrected chi connectivity index (χ3v) is 5.83. The Bertz CT molecular complexity index is 552. The van der Waals surface area contributed by atoms with Crippen LogP contribution in [0.25, 0.3) is 0 Å². The second kappa shape index (κ2) is 6.09. The van der Waals surface area contributed by atoms with Crippen molar-refractivity contribution in [3.8, 4) is 12.1 Å². The molecule has 1 amide bonds. The number of nitrogens with zero attached hydrogens (tertiary/aromatic N) is 3. The summed E-state index contributed by atoms with van der Waals surface area (Å²) >= 11 is 0. The highest BCUT2D eigenvalue weighted by atomic mass is 19.1. The van der Waals surface area contributed by atoms with Crippen molar-refractivity contribution in [2.45, 2.75) is 56.8 Å². The number of amides is 1. The number of likely N-dealkylation sites (tertiary alicyclic amines) is 1. The number of nitriles is 2. The van der Waals surface area contributed by atoms with Gasteiger partial charge in [-0.05, 0) is 44.4 Å². The van der Waals surface area contributed by atoms with Gasteiger partial charge in [0.25, 0.3) is 0 Å². The molecule has 2 aliphatic carbocycles. The smallest absolute Gasteiger partial charge is 0.237 e. The van der Waals surface area contributed by atoms with Crippen molar-refractivity contribution in [1.29, 1.82) is 10.5 Å². The van der Waals surface area contributed by atoms with Gasteiger partial charge in [-0.1, -0.05) is 0 Å². The summed E-state index contributed by atoms with van der Waals surface area (Å²) in [4.78, 5) is 13.7. The predicted molar refractivity (Wildman–Crippen MR) is 81.6 cm³/mol. The highest BCUT2D eigenvalue weighted by molar-refractivity contribution is 5.79. The van der Waals surface area contributed by atoms with Gasteiger partial charge in [0.1, 0.15) is 12.2 Å². The van der Waals surface area contributed by atoms with Crippen molar-refractivity contribution in [2.24, 2.45) is 17.8 Å². The second-order valence-corrected chi connectivity index (χ2v) is 7.66. The summed E-state index contributed by atoms with van der Waals surface area (Å²) in [6.45, 7) is 2.32. The molecule has 1 N–H and O–H groups in total. The summed E-state index contributed by atoms with van der Waals surface area (Å²) in [6, 6.07) is 3.76. The molecule has 3 fully saturated rings. The van der Waals surface area contributed by atoms with E-state index in [2.05, 4.69) is 18.3 Å². The van der Waals surface area contributed by atoms with Crippen molar-refractivity contribution in [2.75, 3.05) is 13.1 Å². The van der Waals surface area contributed by atoms with Gasteiger partial charge in [-0.15, -0.1) is 0 Å². The maximum Gasteiger partial charge on any atom is 0.237 e. The predicted octanol–water partition coefficient (Wildman–Crippen LogP) is 1.76. The van der Waals surface area contributed by atoms with E-state index in [4.69, 9.17) is 10.5 Å². The van der Waals surface area contributed by atoms with Crippen LogP contribution in [-0.2, 0) is 4.79 Å². The third kappa shape index (κ3) is 3.19. The van der Waals surface area contributed by atoms with E-state index in [0.29, 0.717) is 11.8 Å². The van der Waals surface area contributed by atoms with E-state index in [1.54, 1.807) is 0 Å². The molecular weight excluding hydrogens is 295 g/mol. The molecule has 3 rings (SSSR count). The van der Waals surface area contributed by atoms with Gasteiger partial charge in [-0.25, -0.2) is 4.39 Å². The van der Waals surface area contributed by atoms with E-state index in [1.165, 1.54) is 4.90 Å². The molecule has 0 radical (unpaired) electrons. The summed E-state index contributed by atoms with van der Waals surface area (Å²) in [6.07, 6.45) is 2.94. The Morgan fingerprint density at radius 2 is 1.91 bits per heavy atom. The molecule has 0 bridgehead atoms. The van der Waals surface area contributed by atoms with Crippen molar-refractivity contribution >= 4 is 5.91 Å². The highest BCUT2D eigenvalue weighted by Gasteiger charge is 2.47. The number of rotatable bonds is 3. The Balaban J connectivity index is 1.52. The van der Waals surface area contributed by atoms with Crippen molar-refractivity contribution in [1.82, 2.24) is 10.2 Å². The van der Waals surface area contributed by atoms with Crippen LogP contribution in [0.15, 0.2) is 0 Å². The first-order valence-electron chi connectivity index (χ1n) is 8.42. The molecule has 1 aliphatic heterocycles. The zero-order valence-corrected chi connectivity index (χ0v) is 13.5. The lowest BCUT2D eigenvalue weighted by atomic mass is 9.93. The maximum atomic E-state index is 13.4. The molecule has 2 unspecified atom stereocenters. The Hall–Kier alpha value is -1.66. The van der Waals surface area contributed by atoms with Crippen LogP contribution in [0.5, 0.6) is 0 Å². The van der Waals surface area contributed by atoms with Crippen molar-refractivity contribution in [3.05, 3.63) is 0 Å². The summed E-state index contributed by atoms with van der Waals surface area (Å²) < 4.78 is 13.4. The zero-order chi connectivity index (χ0) is 16.6. The molecule has 1 saturated heterocycles. The molecule has 0 aromatic heterocycles. The standard InChI is InChI=1S/C17H23FN4O/c1-17(5-12-2-11(7-19)3-13(12)6-17)21-9-16(23)22-10-14(18)4-15(22)8-20/h11-15,21H,2-6,9-10H2,1H3/t11?,12-,13+,14-,15-,17?/m0/s1. The average molecular weight is 318 g/mol. The topological polar surface area (TPSA) is 79.9 Å². The van der Waals surface area contributed by atoms with Crippen LogP contribution in [0.2, 0.25) is 0 Å². The molecule has 1 heterocycles. The fourth-order valence-electron chi connectivity index (χ4n) is 4.78. The quantitative estimate of drug-likeness (QED) is 0.860. The molecule has 6 heteroatoms. The van der Waals surface area contributed by atoms with E-state index in [0.717, 1.165) is 25.7 Å². The van der Waals surface area contributed by atoms with Gasteiger partial charge in [0.2, 0.25) is 5.91 Å². The van der Waals surface area contributed by atoms with Gasteiger partial charge in [-0.2, -0.15) is 10.5 Å². The van der Waals surface area contributed by atoms with Gasteiger partial charge < -0.3 is 10.2 Å². The SMILES string of the molecule is CC1(NCC(=O)N2C[C@@H](F)C[C@H]2C#N)C[C@H]2CC(C#N)C[C@H]2C1. The minimum Gasteiger partial charge on any atom is -0.323 e. The van der Waals surface area contributed by atoms with Crippen LogP contribution in [-0.4, -0.2) is 41.6 Å². The Morgan fingerprint density at radius 3 is 2.48 bits per heavy atom. The van der Waals surface area contributed by atoms with Crippen LogP contribution in [0, 0.1) is 40.4 Å². The monoisotopic (exact) mass is 318 g/mol. The number of halogens is 1. The Labute approximate surface area is 136 Å². The zero-order valence-electron chi connectivity index (χ0n) is 13.5. The molecule has 0 spiro atoms. The van der Waals surface area contributed by atoms with E-state index >= 15 is 0 Å². The molecule has 5 nitrogen and oxygen atoms in total. The Kier molecular flexibility index (Phi) is 4.29.